The number of rotatable bonds is 3. The molecule has 0 bridgehead atoms. The minimum absolute atomic E-state index is 0.0104. The molecule has 1 heterocycles. The topological polar surface area (TPSA) is 75.9 Å². The van der Waals surface area contributed by atoms with Gasteiger partial charge in [-0.15, -0.1) is 0 Å². The molecule has 0 spiro atoms. The highest BCUT2D eigenvalue weighted by Crippen LogP contribution is 2.17. The molecule has 1 rings (SSSR count). The van der Waals surface area contributed by atoms with Crippen LogP contribution in [0.2, 0.25) is 0 Å². The summed E-state index contributed by atoms with van der Waals surface area (Å²) >= 11 is 0. The third-order valence-electron chi connectivity index (χ3n) is 1.59. The number of aromatic nitrogens is 2. The Kier molecular flexibility index (Phi) is 2.97. The van der Waals surface area contributed by atoms with E-state index in [-0.39, 0.29) is 11.6 Å². The molecule has 0 aliphatic carbocycles. The van der Waals surface area contributed by atoms with Crippen LogP contribution in [0.3, 0.4) is 0 Å². The first-order chi connectivity index (χ1) is 6.22. The molecule has 0 aliphatic heterocycles. The zero-order valence-electron chi connectivity index (χ0n) is 7.56. The van der Waals surface area contributed by atoms with Gasteiger partial charge in [0.2, 0.25) is 5.82 Å². The highest BCUT2D eigenvalue weighted by molar-refractivity contribution is 5.48. The van der Waals surface area contributed by atoms with Gasteiger partial charge >= 0.3 is 0 Å². The molecule has 0 amide bonds. The van der Waals surface area contributed by atoms with Crippen LogP contribution in [0.25, 0.3) is 0 Å². The van der Waals surface area contributed by atoms with Gasteiger partial charge in [-0.2, -0.15) is 4.39 Å². The summed E-state index contributed by atoms with van der Waals surface area (Å²) in [7, 11) is 1.59. The normalized spacial score (nSPS) is 9.85. The molecule has 0 fully saturated rings. The minimum atomic E-state index is -0.567. The van der Waals surface area contributed by atoms with Crippen LogP contribution in [0, 0.1) is 5.82 Å². The Morgan fingerprint density at radius 1 is 1.38 bits per heavy atom. The highest BCUT2D eigenvalue weighted by atomic mass is 19.1. The Morgan fingerprint density at radius 2 is 2.00 bits per heavy atom. The fourth-order valence-electron chi connectivity index (χ4n) is 0.913. The van der Waals surface area contributed by atoms with E-state index < -0.39 is 5.82 Å². The lowest BCUT2D eigenvalue weighted by atomic mass is 10.4. The SMILES string of the molecule is CCc1nc(NC)c(F)c(NN)n1. The zero-order valence-corrected chi connectivity index (χ0v) is 7.56. The first-order valence-electron chi connectivity index (χ1n) is 3.93. The number of hydrazine groups is 1. The van der Waals surface area contributed by atoms with Gasteiger partial charge in [0.1, 0.15) is 5.82 Å². The van der Waals surface area contributed by atoms with E-state index in [2.05, 4.69) is 20.7 Å². The van der Waals surface area contributed by atoms with Crippen LogP contribution >= 0.6 is 0 Å². The second-order valence-corrected chi connectivity index (χ2v) is 2.40. The summed E-state index contributed by atoms with van der Waals surface area (Å²) < 4.78 is 13.3. The van der Waals surface area contributed by atoms with Crippen molar-refractivity contribution in [3.8, 4) is 0 Å². The molecule has 0 saturated heterocycles. The van der Waals surface area contributed by atoms with Crippen LogP contribution < -0.4 is 16.6 Å². The van der Waals surface area contributed by atoms with Gasteiger partial charge in [-0.1, -0.05) is 6.92 Å². The fraction of sp³-hybridized carbons (Fsp3) is 0.429. The largest absolute Gasteiger partial charge is 0.371 e. The predicted octanol–water partition coefficient (Wildman–Crippen LogP) is 0.505. The lowest BCUT2D eigenvalue weighted by molar-refractivity contribution is 0.618. The molecule has 1 aromatic rings. The zero-order chi connectivity index (χ0) is 9.84. The second kappa shape index (κ2) is 3.99. The average Bonchev–Trinajstić information content (AvgIpc) is 2.18. The van der Waals surface area contributed by atoms with Gasteiger partial charge in [-0.05, 0) is 0 Å². The van der Waals surface area contributed by atoms with E-state index in [9.17, 15) is 4.39 Å². The van der Waals surface area contributed by atoms with E-state index in [1.54, 1.807) is 7.05 Å². The number of nitrogens with one attached hydrogen (secondary N) is 2. The minimum Gasteiger partial charge on any atom is -0.371 e. The summed E-state index contributed by atoms with van der Waals surface area (Å²) in [4.78, 5) is 7.78. The predicted molar refractivity (Wildman–Crippen MR) is 48.7 cm³/mol. The summed E-state index contributed by atoms with van der Waals surface area (Å²) in [6.45, 7) is 1.88. The van der Waals surface area contributed by atoms with Crippen molar-refractivity contribution in [2.75, 3.05) is 17.8 Å². The number of aryl methyl sites for hydroxylation is 1. The van der Waals surface area contributed by atoms with E-state index in [1.807, 2.05) is 6.92 Å². The molecule has 0 saturated carbocycles. The Balaban J connectivity index is 3.20. The molecule has 0 aliphatic rings. The monoisotopic (exact) mass is 185 g/mol. The number of halogens is 1. The molecule has 1 aromatic heterocycles. The molecular formula is C7H12FN5. The summed E-state index contributed by atoms with van der Waals surface area (Å²) in [5.41, 5.74) is 2.18. The fourth-order valence-corrected chi connectivity index (χ4v) is 0.913. The van der Waals surface area contributed by atoms with Crippen molar-refractivity contribution < 1.29 is 4.39 Å². The van der Waals surface area contributed by atoms with Crippen molar-refractivity contribution >= 4 is 11.6 Å². The molecule has 4 N–H and O–H groups in total. The summed E-state index contributed by atoms with van der Waals surface area (Å²) in [6.07, 6.45) is 0.629. The van der Waals surface area contributed by atoms with E-state index >= 15 is 0 Å². The molecule has 72 valence electrons. The molecule has 13 heavy (non-hydrogen) atoms. The van der Waals surface area contributed by atoms with Gasteiger partial charge in [0.05, 0.1) is 0 Å². The van der Waals surface area contributed by atoms with Gasteiger partial charge in [-0.3, -0.25) is 0 Å². The summed E-state index contributed by atoms with van der Waals surface area (Å²) in [5, 5.41) is 2.62. The maximum Gasteiger partial charge on any atom is 0.208 e. The van der Waals surface area contributed by atoms with Crippen molar-refractivity contribution in [1.82, 2.24) is 9.97 Å². The first-order valence-corrected chi connectivity index (χ1v) is 3.93. The van der Waals surface area contributed by atoms with Gasteiger partial charge in [0, 0.05) is 13.5 Å². The maximum atomic E-state index is 13.3. The van der Waals surface area contributed by atoms with Gasteiger partial charge in [0.25, 0.3) is 0 Å². The molecular weight excluding hydrogens is 173 g/mol. The average molecular weight is 185 g/mol. The standard InChI is InChI=1S/C7H12FN5/c1-3-4-11-6(10-2)5(8)7(12-4)13-9/h3,9H2,1-2H3,(H2,10,11,12,13). The number of nitrogens with zero attached hydrogens (tertiary/aromatic N) is 2. The third-order valence-corrected chi connectivity index (χ3v) is 1.59. The van der Waals surface area contributed by atoms with Crippen molar-refractivity contribution in [3.63, 3.8) is 0 Å². The van der Waals surface area contributed by atoms with Crippen LogP contribution in [0.15, 0.2) is 0 Å². The molecule has 0 radical (unpaired) electrons. The van der Waals surface area contributed by atoms with E-state index in [4.69, 9.17) is 5.84 Å². The van der Waals surface area contributed by atoms with E-state index in [0.29, 0.717) is 12.2 Å². The van der Waals surface area contributed by atoms with E-state index in [1.165, 1.54) is 0 Å². The Hall–Kier alpha value is -1.43. The quantitative estimate of drug-likeness (QED) is 0.472. The maximum absolute atomic E-state index is 13.3. The number of hydrogen-bond acceptors (Lipinski definition) is 5. The number of anilines is 2. The summed E-state index contributed by atoms with van der Waals surface area (Å²) in [5.74, 6) is 5.23. The first kappa shape index (κ1) is 9.66. The van der Waals surface area contributed by atoms with Crippen LogP contribution in [0.5, 0.6) is 0 Å². The van der Waals surface area contributed by atoms with Crippen LogP contribution in [-0.2, 0) is 6.42 Å². The van der Waals surface area contributed by atoms with Crippen molar-refractivity contribution in [3.05, 3.63) is 11.6 Å². The Bertz CT molecular complexity index is 276. The number of nitrogen functional groups attached to an aromatic ring is 1. The molecule has 0 atom stereocenters. The molecule has 5 nitrogen and oxygen atoms in total. The summed E-state index contributed by atoms with van der Waals surface area (Å²) in [6, 6.07) is 0. The van der Waals surface area contributed by atoms with Gasteiger partial charge < -0.3 is 10.7 Å². The van der Waals surface area contributed by atoms with Crippen LogP contribution in [0.4, 0.5) is 16.0 Å². The second-order valence-electron chi connectivity index (χ2n) is 2.40. The van der Waals surface area contributed by atoms with Crippen molar-refractivity contribution in [2.45, 2.75) is 13.3 Å². The highest BCUT2D eigenvalue weighted by Gasteiger charge is 2.11. The lowest BCUT2D eigenvalue weighted by Gasteiger charge is -2.07. The molecule has 6 heteroatoms. The molecule has 0 aromatic carbocycles. The van der Waals surface area contributed by atoms with Gasteiger partial charge in [0.15, 0.2) is 11.6 Å². The number of nitrogens with two attached hydrogens (primary N) is 1. The number of hydrogen-bond donors (Lipinski definition) is 3. The Morgan fingerprint density at radius 3 is 2.46 bits per heavy atom. The van der Waals surface area contributed by atoms with Crippen LogP contribution in [-0.4, -0.2) is 17.0 Å². The Labute approximate surface area is 75.5 Å². The van der Waals surface area contributed by atoms with Crippen molar-refractivity contribution in [1.29, 1.82) is 0 Å². The van der Waals surface area contributed by atoms with Crippen molar-refractivity contribution in [2.24, 2.45) is 5.84 Å². The van der Waals surface area contributed by atoms with E-state index in [0.717, 1.165) is 0 Å². The smallest absolute Gasteiger partial charge is 0.208 e. The van der Waals surface area contributed by atoms with Crippen LogP contribution in [0.1, 0.15) is 12.7 Å². The lowest BCUT2D eigenvalue weighted by Crippen LogP contribution is -2.14. The molecule has 0 unspecified atom stereocenters. The third kappa shape index (κ3) is 1.83. The van der Waals surface area contributed by atoms with Gasteiger partial charge in [-0.25, -0.2) is 15.8 Å².